The van der Waals surface area contributed by atoms with Crippen LogP contribution >= 0.6 is 0 Å². The zero-order chi connectivity index (χ0) is 26.6. The monoisotopic (exact) mass is 510 g/mol. The molecule has 5 rings (SSSR count). The topological polar surface area (TPSA) is 85.2 Å². The lowest BCUT2D eigenvalue weighted by Crippen LogP contribution is -2.10. The number of carbonyl (C=O) groups excluding carboxylic acids is 2. The molecule has 0 saturated carbocycles. The van der Waals surface area contributed by atoms with Crippen LogP contribution in [0.15, 0.2) is 79.1 Å². The first-order chi connectivity index (χ1) is 18.4. The Hall–Kier alpha value is -4.72. The van der Waals surface area contributed by atoms with Gasteiger partial charge in [-0.25, -0.2) is 9.37 Å². The summed E-state index contributed by atoms with van der Waals surface area (Å²) in [6.45, 7) is 2.12. The standard InChI is InChI=1S/C30H27FN4O3/c1-3-38-26(36)14-7-19-5-4-6-21(17-19)28(27-24-13-10-22(31)18-25(24)34-30(27)37)33-23-11-8-20(9-12-23)29-32-15-16-35(29)2/h4-6,8-13,15-18,33H,3,7,14H2,1-2H3,(H,34,37)/b28-27-. The predicted octanol–water partition coefficient (Wildman–Crippen LogP) is 5.65. The summed E-state index contributed by atoms with van der Waals surface area (Å²) in [5.74, 6) is -0.163. The number of rotatable bonds is 8. The highest BCUT2D eigenvalue weighted by molar-refractivity contribution is 6.37. The first-order valence-corrected chi connectivity index (χ1v) is 12.4. The Morgan fingerprint density at radius 2 is 1.92 bits per heavy atom. The number of hydrogen-bond donors (Lipinski definition) is 2. The quantitative estimate of drug-likeness (QED) is 0.236. The minimum absolute atomic E-state index is 0.256. The van der Waals surface area contributed by atoms with Crippen molar-refractivity contribution in [3.05, 3.63) is 102 Å². The van der Waals surface area contributed by atoms with Gasteiger partial charge in [0.05, 0.1) is 23.6 Å². The van der Waals surface area contributed by atoms with Gasteiger partial charge >= 0.3 is 5.97 Å². The van der Waals surface area contributed by atoms with Crippen molar-refractivity contribution in [3.8, 4) is 11.4 Å². The normalized spacial score (nSPS) is 13.6. The molecule has 1 amide bonds. The molecule has 2 heterocycles. The Kier molecular flexibility index (Phi) is 7.04. The molecule has 7 nitrogen and oxygen atoms in total. The molecule has 3 aromatic carbocycles. The fourth-order valence-electron chi connectivity index (χ4n) is 4.52. The maximum atomic E-state index is 13.9. The number of esters is 1. The van der Waals surface area contributed by atoms with Crippen molar-refractivity contribution in [2.24, 2.45) is 7.05 Å². The fourth-order valence-corrected chi connectivity index (χ4v) is 4.52. The Morgan fingerprint density at radius 1 is 1.11 bits per heavy atom. The van der Waals surface area contributed by atoms with Crippen LogP contribution in [0.3, 0.4) is 0 Å². The van der Waals surface area contributed by atoms with Crippen molar-refractivity contribution >= 4 is 34.5 Å². The average molecular weight is 511 g/mol. The van der Waals surface area contributed by atoms with Gasteiger partial charge in [0.15, 0.2) is 0 Å². The van der Waals surface area contributed by atoms with E-state index in [1.165, 1.54) is 12.1 Å². The molecule has 2 N–H and O–H groups in total. The minimum Gasteiger partial charge on any atom is -0.466 e. The average Bonchev–Trinajstić information content (AvgIpc) is 3.48. The van der Waals surface area contributed by atoms with Gasteiger partial charge in [-0.1, -0.05) is 18.2 Å². The van der Waals surface area contributed by atoms with Crippen LogP contribution in [-0.4, -0.2) is 28.0 Å². The van der Waals surface area contributed by atoms with Crippen LogP contribution in [0.5, 0.6) is 0 Å². The Morgan fingerprint density at radius 3 is 2.66 bits per heavy atom. The molecule has 192 valence electrons. The van der Waals surface area contributed by atoms with E-state index >= 15 is 0 Å². The summed E-state index contributed by atoms with van der Waals surface area (Å²) in [5, 5.41) is 6.21. The zero-order valence-electron chi connectivity index (χ0n) is 21.1. The molecule has 0 bridgehead atoms. The molecular weight excluding hydrogens is 483 g/mol. The summed E-state index contributed by atoms with van der Waals surface area (Å²) in [5.41, 5.74) is 5.45. The summed E-state index contributed by atoms with van der Waals surface area (Å²) < 4.78 is 20.9. The van der Waals surface area contributed by atoms with Gasteiger partial charge in [0.2, 0.25) is 0 Å². The van der Waals surface area contributed by atoms with Crippen LogP contribution in [-0.2, 0) is 27.8 Å². The number of fused-ring (bicyclic) bond motifs is 1. The van der Waals surface area contributed by atoms with E-state index in [-0.39, 0.29) is 18.3 Å². The largest absolute Gasteiger partial charge is 0.466 e. The summed E-state index contributed by atoms with van der Waals surface area (Å²) >= 11 is 0. The van der Waals surface area contributed by atoms with E-state index in [2.05, 4.69) is 15.6 Å². The molecule has 0 fully saturated rings. The van der Waals surface area contributed by atoms with E-state index in [0.717, 1.165) is 28.2 Å². The van der Waals surface area contributed by atoms with E-state index in [4.69, 9.17) is 4.74 Å². The lowest BCUT2D eigenvalue weighted by Gasteiger charge is -2.16. The van der Waals surface area contributed by atoms with Crippen LogP contribution in [0.4, 0.5) is 15.8 Å². The van der Waals surface area contributed by atoms with Gasteiger partial charge in [-0.15, -0.1) is 0 Å². The second-order valence-electron chi connectivity index (χ2n) is 8.96. The number of ether oxygens (including phenoxy) is 1. The molecule has 0 unspecified atom stereocenters. The summed E-state index contributed by atoms with van der Waals surface area (Å²) in [6.07, 6.45) is 4.39. The zero-order valence-corrected chi connectivity index (χ0v) is 21.1. The molecule has 0 radical (unpaired) electrons. The molecule has 8 heteroatoms. The Balaban J connectivity index is 1.54. The number of halogens is 1. The molecular formula is C30H27FN4O3. The van der Waals surface area contributed by atoms with Gasteiger partial charge < -0.3 is 19.9 Å². The van der Waals surface area contributed by atoms with E-state index in [1.807, 2.05) is 66.3 Å². The SMILES string of the molecule is CCOC(=O)CCc1cccc(/C(Nc2ccc(-c3nccn3C)cc2)=C2/C(=O)Nc3cc(F)ccc32)c1. The first-order valence-electron chi connectivity index (χ1n) is 12.4. The molecule has 0 atom stereocenters. The molecule has 0 saturated heterocycles. The highest BCUT2D eigenvalue weighted by Crippen LogP contribution is 2.38. The number of aryl methyl sites for hydroxylation is 2. The van der Waals surface area contributed by atoms with Crippen LogP contribution < -0.4 is 10.6 Å². The van der Waals surface area contributed by atoms with Gasteiger partial charge in [0.25, 0.3) is 5.91 Å². The van der Waals surface area contributed by atoms with Crippen molar-refractivity contribution in [3.63, 3.8) is 0 Å². The van der Waals surface area contributed by atoms with E-state index in [1.54, 1.807) is 19.2 Å². The lowest BCUT2D eigenvalue weighted by molar-refractivity contribution is -0.143. The summed E-state index contributed by atoms with van der Waals surface area (Å²) in [6, 6.07) is 19.7. The molecule has 0 aliphatic carbocycles. The molecule has 4 aromatic rings. The molecule has 1 aromatic heterocycles. The third kappa shape index (κ3) is 5.20. The summed E-state index contributed by atoms with van der Waals surface area (Å²) in [4.78, 5) is 29.5. The van der Waals surface area contributed by atoms with Crippen molar-refractivity contribution in [2.75, 3.05) is 17.2 Å². The number of amides is 1. The van der Waals surface area contributed by atoms with Gasteiger partial charge in [-0.3, -0.25) is 9.59 Å². The van der Waals surface area contributed by atoms with Gasteiger partial charge in [-0.2, -0.15) is 0 Å². The highest BCUT2D eigenvalue weighted by Gasteiger charge is 2.29. The molecule has 0 spiro atoms. The van der Waals surface area contributed by atoms with Crippen molar-refractivity contribution < 1.29 is 18.7 Å². The number of anilines is 2. The minimum atomic E-state index is -0.425. The predicted molar refractivity (Wildman–Crippen MR) is 146 cm³/mol. The third-order valence-corrected chi connectivity index (χ3v) is 6.35. The molecule has 38 heavy (non-hydrogen) atoms. The Labute approximate surface area is 220 Å². The summed E-state index contributed by atoms with van der Waals surface area (Å²) in [7, 11) is 1.94. The number of benzene rings is 3. The van der Waals surface area contributed by atoms with E-state index in [9.17, 15) is 14.0 Å². The molecule has 1 aliphatic rings. The van der Waals surface area contributed by atoms with Crippen molar-refractivity contribution in [2.45, 2.75) is 19.8 Å². The fraction of sp³-hybridized carbons (Fsp3) is 0.167. The smallest absolute Gasteiger partial charge is 0.306 e. The lowest BCUT2D eigenvalue weighted by atomic mass is 9.97. The van der Waals surface area contributed by atoms with E-state index < -0.39 is 5.82 Å². The number of hydrogen-bond acceptors (Lipinski definition) is 5. The third-order valence-electron chi connectivity index (χ3n) is 6.35. The Bertz CT molecular complexity index is 1540. The van der Waals surface area contributed by atoms with Crippen LogP contribution in [0.25, 0.3) is 22.7 Å². The molecule has 1 aliphatic heterocycles. The maximum absolute atomic E-state index is 13.9. The first kappa shape index (κ1) is 25.0. The van der Waals surface area contributed by atoms with E-state index in [0.29, 0.717) is 35.5 Å². The number of nitrogens with zero attached hydrogens (tertiary/aromatic N) is 2. The van der Waals surface area contributed by atoms with Crippen LogP contribution in [0, 0.1) is 5.82 Å². The second-order valence-corrected chi connectivity index (χ2v) is 8.96. The second kappa shape index (κ2) is 10.7. The van der Waals surface area contributed by atoms with Crippen molar-refractivity contribution in [1.82, 2.24) is 9.55 Å². The highest BCUT2D eigenvalue weighted by atomic mass is 19.1. The van der Waals surface area contributed by atoms with Gasteiger partial charge in [0, 0.05) is 42.7 Å². The van der Waals surface area contributed by atoms with Crippen LogP contribution in [0.2, 0.25) is 0 Å². The van der Waals surface area contributed by atoms with Crippen LogP contribution in [0.1, 0.15) is 30.0 Å². The number of nitrogens with one attached hydrogen (secondary N) is 2. The number of imidazole rings is 1. The maximum Gasteiger partial charge on any atom is 0.306 e. The number of aromatic nitrogens is 2. The van der Waals surface area contributed by atoms with Crippen molar-refractivity contribution in [1.29, 1.82) is 0 Å². The van der Waals surface area contributed by atoms with Gasteiger partial charge in [-0.05, 0) is 73.0 Å². The number of carbonyl (C=O) groups is 2. The van der Waals surface area contributed by atoms with Gasteiger partial charge in [0.1, 0.15) is 11.6 Å².